The van der Waals surface area contributed by atoms with E-state index < -0.39 is 17.9 Å². The normalized spacial score (nSPS) is 11.3. The minimum Gasteiger partial charge on any atom is -0.326 e. The summed E-state index contributed by atoms with van der Waals surface area (Å²) in [5, 5.41) is 1.60. The molecule has 1 aromatic rings. The molecule has 0 unspecified atom stereocenters. The number of amides is 1. The van der Waals surface area contributed by atoms with Gasteiger partial charge in [-0.3, -0.25) is 4.79 Å². The second-order valence-electron chi connectivity index (χ2n) is 2.96. The van der Waals surface area contributed by atoms with E-state index in [4.69, 9.17) is 5.73 Å². The maximum Gasteiger partial charge on any atom is 0.471 e. The van der Waals surface area contributed by atoms with Gasteiger partial charge in [-0.2, -0.15) is 13.2 Å². The smallest absolute Gasteiger partial charge is 0.326 e. The molecule has 0 saturated heterocycles. The topological polar surface area (TPSA) is 55.1 Å². The van der Waals surface area contributed by atoms with Crippen molar-refractivity contribution in [1.82, 2.24) is 0 Å². The van der Waals surface area contributed by atoms with Gasteiger partial charge < -0.3 is 11.1 Å². The third-order valence-electron chi connectivity index (χ3n) is 1.78. The van der Waals surface area contributed by atoms with Gasteiger partial charge in [-0.1, -0.05) is 0 Å². The van der Waals surface area contributed by atoms with Crippen molar-refractivity contribution in [2.45, 2.75) is 12.7 Å². The summed E-state index contributed by atoms with van der Waals surface area (Å²) >= 11 is 0. The van der Waals surface area contributed by atoms with Gasteiger partial charge in [0.1, 0.15) is 5.82 Å². The highest BCUT2D eigenvalue weighted by Crippen LogP contribution is 2.19. The lowest BCUT2D eigenvalue weighted by atomic mass is 10.2. The average Bonchev–Trinajstić information content (AvgIpc) is 2.19. The third-order valence-corrected chi connectivity index (χ3v) is 1.78. The van der Waals surface area contributed by atoms with Crippen LogP contribution in [-0.4, -0.2) is 12.1 Å². The summed E-state index contributed by atoms with van der Waals surface area (Å²) in [5.41, 5.74) is 5.04. The largest absolute Gasteiger partial charge is 0.471 e. The molecule has 0 spiro atoms. The first-order chi connectivity index (χ1) is 7.34. The molecule has 1 aromatic carbocycles. The van der Waals surface area contributed by atoms with Crippen molar-refractivity contribution < 1.29 is 22.4 Å². The molecular formula is C9H8F4N2O. The van der Waals surface area contributed by atoms with Gasteiger partial charge in [-0.25, -0.2) is 4.39 Å². The standard InChI is InChI=1S/C9H8F4N2O/c10-7-2-1-6(3-5(7)4-14)15-8(16)9(11,12)13/h1-3H,4,14H2,(H,15,16). The maximum absolute atomic E-state index is 12.9. The first-order valence-electron chi connectivity index (χ1n) is 4.21. The van der Waals surface area contributed by atoms with Gasteiger partial charge in [-0.15, -0.1) is 0 Å². The fraction of sp³-hybridized carbons (Fsp3) is 0.222. The van der Waals surface area contributed by atoms with E-state index in [9.17, 15) is 22.4 Å². The summed E-state index contributed by atoms with van der Waals surface area (Å²) in [6.07, 6.45) is -4.97. The van der Waals surface area contributed by atoms with E-state index in [0.717, 1.165) is 18.2 Å². The number of benzene rings is 1. The third kappa shape index (κ3) is 2.93. The van der Waals surface area contributed by atoms with Crippen molar-refractivity contribution in [1.29, 1.82) is 0 Å². The summed E-state index contributed by atoms with van der Waals surface area (Å²) in [7, 11) is 0. The van der Waals surface area contributed by atoms with Crippen LogP contribution in [0.2, 0.25) is 0 Å². The van der Waals surface area contributed by atoms with Gasteiger partial charge in [0.25, 0.3) is 0 Å². The Labute approximate surface area is 88.2 Å². The van der Waals surface area contributed by atoms with Crippen LogP contribution in [0.3, 0.4) is 0 Å². The van der Waals surface area contributed by atoms with Crippen molar-refractivity contribution in [3.63, 3.8) is 0 Å². The molecular weight excluding hydrogens is 228 g/mol. The quantitative estimate of drug-likeness (QED) is 0.769. The van der Waals surface area contributed by atoms with E-state index in [0.29, 0.717) is 0 Å². The minimum atomic E-state index is -4.97. The lowest BCUT2D eigenvalue weighted by Gasteiger charge is -2.09. The van der Waals surface area contributed by atoms with E-state index >= 15 is 0 Å². The molecule has 0 aliphatic heterocycles. The van der Waals surface area contributed by atoms with Gasteiger partial charge in [0.05, 0.1) is 0 Å². The Bertz CT molecular complexity index is 403. The fourth-order valence-corrected chi connectivity index (χ4v) is 1.01. The van der Waals surface area contributed by atoms with Gasteiger partial charge in [-0.05, 0) is 18.2 Å². The zero-order valence-electron chi connectivity index (χ0n) is 7.94. The first-order valence-corrected chi connectivity index (χ1v) is 4.21. The monoisotopic (exact) mass is 236 g/mol. The summed E-state index contributed by atoms with van der Waals surface area (Å²) in [5.74, 6) is -2.74. The molecule has 3 nitrogen and oxygen atoms in total. The molecule has 88 valence electrons. The van der Waals surface area contributed by atoms with Crippen molar-refractivity contribution >= 4 is 11.6 Å². The summed E-state index contributed by atoms with van der Waals surface area (Å²) in [6.45, 7) is -0.165. The second-order valence-corrected chi connectivity index (χ2v) is 2.96. The van der Waals surface area contributed by atoms with Crippen LogP contribution in [0.25, 0.3) is 0 Å². The van der Waals surface area contributed by atoms with E-state index in [1.54, 1.807) is 5.32 Å². The number of nitrogens with one attached hydrogen (secondary N) is 1. The van der Waals surface area contributed by atoms with Crippen molar-refractivity contribution in [2.24, 2.45) is 5.73 Å². The number of hydrogen-bond acceptors (Lipinski definition) is 2. The Morgan fingerprint density at radius 3 is 2.50 bits per heavy atom. The Balaban J connectivity index is 2.87. The molecule has 0 aromatic heterocycles. The number of anilines is 1. The van der Waals surface area contributed by atoms with Gasteiger partial charge in [0.15, 0.2) is 0 Å². The SMILES string of the molecule is NCc1cc(NC(=O)C(F)(F)F)ccc1F. The molecule has 1 amide bonds. The molecule has 0 saturated carbocycles. The van der Waals surface area contributed by atoms with Crippen LogP contribution in [-0.2, 0) is 11.3 Å². The van der Waals surface area contributed by atoms with Crippen molar-refractivity contribution in [3.05, 3.63) is 29.6 Å². The number of carbonyl (C=O) groups excluding carboxylic acids is 1. The minimum absolute atomic E-state index is 0.0278. The molecule has 0 aliphatic carbocycles. The van der Waals surface area contributed by atoms with Crippen LogP contribution in [0, 0.1) is 5.82 Å². The van der Waals surface area contributed by atoms with Gasteiger partial charge >= 0.3 is 12.1 Å². The molecule has 0 bridgehead atoms. The van der Waals surface area contributed by atoms with Crippen LogP contribution in [0.15, 0.2) is 18.2 Å². The molecule has 3 N–H and O–H groups in total. The lowest BCUT2D eigenvalue weighted by Crippen LogP contribution is -2.30. The maximum atomic E-state index is 12.9. The highest BCUT2D eigenvalue weighted by atomic mass is 19.4. The fourth-order valence-electron chi connectivity index (χ4n) is 1.01. The summed E-state index contributed by atoms with van der Waals surface area (Å²) in [4.78, 5) is 10.6. The number of rotatable bonds is 2. The predicted octanol–water partition coefficient (Wildman–Crippen LogP) is 1.79. The highest BCUT2D eigenvalue weighted by molar-refractivity contribution is 5.94. The first kappa shape index (κ1) is 12.4. The van der Waals surface area contributed by atoms with Crippen molar-refractivity contribution in [3.8, 4) is 0 Å². The van der Waals surface area contributed by atoms with Crippen molar-refractivity contribution in [2.75, 3.05) is 5.32 Å². The molecule has 7 heteroatoms. The molecule has 0 aliphatic rings. The van der Waals surface area contributed by atoms with E-state index in [1.807, 2.05) is 0 Å². The predicted molar refractivity (Wildman–Crippen MR) is 49.0 cm³/mol. The Morgan fingerprint density at radius 2 is 2.00 bits per heavy atom. The summed E-state index contributed by atoms with van der Waals surface area (Å²) < 4.78 is 48.6. The molecule has 0 heterocycles. The van der Waals surface area contributed by atoms with Crippen LogP contribution in [0.5, 0.6) is 0 Å². The molecule has 0 atom stereocenters. The number of hydrogen-bond donors (Lipinski definition) is 2. The van der Waals surface area contributed by atoms with E-state index in [1.165, 1.54) is 0 Å². The molecule has 0 fully saturated rings. The number of alkyl halides is 3. The number of halogens is 4. The zero-order chi connectivity index (χ0) is 12.3. The number of carbonyl (C=O) groups is 1. The Morgan fingerprint density at radius 1 is 1.38 bits per heavy atom. The van der Waals surface area contributed by atoms with Crippen LogP contribution >= 0.6 is 0 Å². The van der Waals surface area contributed by atoms with Gasteiger partial charge in [0, 0.05) is 17.8 Å². The average molecular weight is 236 g/mol. The lowest BCUT2D eigenvalue weighted by molar-refractivity contribution is -0.167. The number of nitrogens with two attached hydrogens (primary N) is 1. The zero-order valence-corrected chi connectivity index (χ0v) is 7.94. The molecule has 1 rings (SSSR count). The second kappa shape index (κ2) is 4.48. The Hall–Kier alpha value is -1.63. The summed E-state index contributed by atoms with van der Waals surface area (Å²) in [6, 6.07) is 3.02. The van der Waals surface area contributed by atoms with Crippen LogP contribution in [0.4, 0.5) is 23.2 Å². The highest BCUT2D eigenvalue weighted by Gasteiger charge is 2.38. The van der Waals surface area contributed by atoms with Gasteiger partial charge in [0.2, 0.25) is 0 Å². The molecule has 16 heavy (non-hydrogen) atoms. The molecule has 0 radical (unpaired) electrons. The van der Waals surface area contributed by atoms with E-state index in [2.05, 4.69) is 0 Å². The van der Waals surface area contributed by atoms with Crippen LogP contribution < -0.4 is 11.1 Å². The van der Waals surface area contributed by atoms with E-state index in [-0.39, 0.29) is 17.8 Å². The van der Waals surface area contributed by atoms with Crippen LogP contribution in [0.1, 0.15) is 5.56 Å². The Kier molecular flexibility index (Phi) is 3.48.